The molecule has 11 heavy (non-hydrogen) atoms. The lowest BCUT2D eigenvalue weighted by molar-refractivity contribution is 0.352. The van der Waals surface area contributed by atoms with Gasteiger partial charge in [0.05, 0.1) is 5.54 Å². The van der Waals surface area contributed by atoms with Crippen molar-refractivity contribution < 1.29 is 0 Å². The molecular formula is C8H15N3. The molecule has 1 aromatic rings. The predicted octanol–water partition coefficient (Wildman–Crippen LogP) is 1.60. The molecule has 3 nitrogen and oxygen atoms in total. The second-order valence-corrected chi connectivity index (χ2v) is 3.63. The van der Waals surface area contributed by atoms with Crippen LogP contribution in [0.15, 0.2) is 6.33 Å². The highest BCUT2D eigenvalue weighted by atomic mass is 15.4. The molecule has 0 aromatic carbocycles. The van der Waals surface area contributed by atoms with Crippen molar-refractivity contribution in [1.82, 2.24) is 14.8 Å². The molecule has 62 valence electrons. The summed E-state index contributed by atoms with van der Waals surface area (Å²) in [5, 5.41) is 4.31. The maximum absolute atomic E-state index is 4.31. The van der Waals surface area contributed by atoms with Crippen molar-refractivity contribution in [1.29, 1.82) is 0 Å². The van der Waals surface area contributed by atoms with Crippen LogP contribution in [0.4, 0.5) is 0 Å². The van der Waals surface area contributed by atoms with Crippen LogP contribution in [0.25, 0.3) is 0 Å². The Kier molecular flexibility index (Phi) is 1.98. The van der Waals surface area contributed by atoms with Gasteiger partial charge in [0.25, 0.3) is 0 Å². The first-order valence-corrected chi connectivity index (χ1v) is 3.95. The minimum atomic E-state index is 0.0560. The molecule has 0 fully saturated rings. The van der Waals surface area contributed by atoms with Gasteiger partial charge in [-0.2, -0.15) is 5.10 Å². The van der Waals surface area contributed by atoms with Crippen molar-refractivity contribution >= 4 is 0 Å². The molecule has 1 rings (SSSR count). The second-order valence-electron chi connectivity index (χ2n) is 3.63. The van der Waals surface area contributed by atoms with E-state index in [0.29, 0.717) is 0 Å². The van der Waals surface area contributed by atoms with Gasteiger partial charge in [0.2, 0.25) is 0 Å². The lowest BCUT2D eigenvalue weighted by atomic mass is 10.1. The van der Waals surface area contributed by atoms with Crippen LogP contribution in [0.5, 0.6) is 0 Å². The quantitative estimate of drug-likeness (QED) is 0.613. The Labute approximate surface area is 67.4 Å². The van der Waals surface area contributed by atoms with Crippen LogP contribution >= 0.6 is 0 Å². The van der Waals surface area contributed by atoms with Crippen molar-refractivity contribution in [2.24, 2.45) is 0 Å². The maximum Gasteiger partial charge on any atom is 0.150 e. The van der Waals surface area contributed by atoms with E-state index in [1.54, 1.807) is 6.33 Å². The van der Waals surface area contributed by atoms with Gasteiger partial charge in [-0.3, -0.25) is 0 Å². The van der Waals surface area contributed by atoms with Crippen molar-refractivity contribution in [3.63, 3.8) is 0 Å². The van der Waals surface area contributed by atoms with Crippen molar-refractivity contribution in [3.8, 4) is 0 Å². The largest absolute Gasteiger partial charge is 0.247 e. The van der Waals surface area contributed by atoms with Gasteiger partial charge in [-0.1, -0.05) is 6.92 Å². The van der Waals surface area contributed by atoms with Gasteiger partial charge in [-0.15, -0.1) is 0 Å². The molecule has 0 aliphatic heterocycles. The first-order chi connectivity index (χ1) is 5.04. The third-order valence-corrected chi connectivity index (χ3v) is 1.54. The van der Waals surface area contributed by atoms with Crippen LogP contribution in [0, 0.1) is 0 Å². The van der Waals surface area contributed by atoms with E-state index in [-0.39, 0.29) is 5.54 Å². The highest BCUT2D eigenvalue weighted by molar-refractivity contribution is 4.83. The summed E-state index contributed by atoms with van der Waals surface area (Å²) < 4.78 is 1.89. The van der Waals surface area contributed by atoms with Crippen LogP contribution in [0.1, 0.15) is 33.5 Å². The standard InChI is InChI=1S/C8H15N3/c1-5-7-9-6-11(10-7)8(2,3)4/h6H,5H2,1-4H3. The van der Waals surface area contributed by atoms with Crippen molar-refractivity contribution in [2.75, 3.05) is 0 Å². The minimum Gasteiger partial charge on any atom is -0.247 e. The number of aryl methyl sites for hydroxylation is 1. The highest BCUT2D eigenvalue weighted by Gasteiger charge is 2.13. The van der Waals surface area contributed by atoms with E-state index >= 15 is 0 Å². The number of aromatic nitrogens is 3. The van der Waals surface area contributed by atoms with Crippen LogP contribution in [0.3, 0.4) is 0 Å². The molecule has 0 aliphatic carbocycles. The van der Waals surface area contributed by atoms with Gasteiger partial charge < -0.3 is 0 Å². The lowest BCUT2D eigenvalue weighted by Crippen LogP contribution is -2.22. The Morgan fingerprint density at radius 2 is 2.09 bits per heavy atom. The Balaban J connectivity index is 2.89. The maximum atomic E-state index is 4.31. The Morgan fingerprint density at radius 1 is 1.45 bits per heavy atom. The number of rotatable bonds is 1. The summed E-state index contributed by atoms with van der Waals surface area (Å²) in [6, 6.07) is 0. The minimum absolute atomic E-state index is 0.0560. The molecule has 0 aliphatic rings. The summed E-state index contributed by atoms with van der Waals surface area (Å²) in [6.07, 6.45) is 2.70. The van der Waals surface area contributed by atoms with E-state index in [1.165, 1.54) is 0 Å². The van der Waals surface area contributed by atoms with Gasteiger partial charge in [0, 0.05) is 6.42 Å². The fourth-order valence-electron chi connectivity index (χ4n) is 0.783. The van der Waals surface area contributed by atoms with Crippen molar-refractivity contribution in [3.05, 3.63) is 12.2 Å². The molecule has 0 amide bonds. The van der Waals surface area contributed by atoms with Crippen LogP contribution in [-0.2, 0) is 12.0 Å². The van der Waals surface area contributed by atoms with Gasteiger partial charge in [-0.25, -0.2) is 9.67 Å². The Hall–Kier alpha value is -0.860. The molecule has 0 atom stereocenters. The molecule has 1 aromatic heterocycles. The predicted molar refractivity (Wildman–Crippen MR) is 44.4 cm³/mol. The smallest absolute Gasteiger partial charge is 0.150 e. The SMILES string of the molecule is CCc1ncn(C(C)(C)C)n1. The molecule has 0 saturated heterocycles. The first-order valence-electron chi connectivity index (χ1n) is 3.95. The highest BCUT2D eigenvalue weighted by Crippen LogP contribution is 2.10. The third kappa shape index (κ3) is 1.79. The monoisotopic (exact) mass is 153 g/mol. The zero-order valence-electron chi connectivity index (χ0n) is 7.63. The van der Waals surface area contributed by atoms with E-state index in [2.05, 4.69) is 37.8 Å². The van der Waals surface area contributed by atoms with E-state index in [0.717, 1.165) is 12.2 Å². The van der Waals surface area contributed by atoms with Crippen LogP contribution in [0.2, 0.25) is 0 Å². The normalized spacial score (nSPS) is 12.0. The number of hydrogen-bond donors (Lipinski definition) is 0. The van der Waals surface area contributed by atoms with Gasteiger partial charge in [-0.05, 0) is 20.8 Å². The molecule has 0 N–H and O–H groups in total. The molecule has 0 spiro atoms. The van der Waals surface area contributed by atoms with E-state index in [9.17, 15) is 0 Å². The average Bonchev–Trinajstić information content (AvgIpc) is 2.32. The lowest BCUT2D eigenvalue weighted by Gasteiger charge is -2.17. The number of nitrogens with zero attached hydrogens (tertiary/aromatic N) is 3. The topological polar surface area (TPSA) is 30.7 Å². The second kappa shape index (κ2) is 2.64. The van der Waals surface area contributed by atoms with Crippen molar-refractivity contribution in [2.45, 2.75) is 39.7 Å². The van der Waals surface area contributed by atoms with Gasteiger partial charge >= 0.3 is 0 Å². The van der Waals surface area contributed by atoms with E-state index < -0.39 is 0 Å². The molecule has 0 saturated carbocycles. The molecule has 0 radical (unpaired) electrons. The summed E-state index contributed by atoms with van der Waals surface area (Å²) in [7, 11) is 0. The first kappa shape index (κ1) is 8.24. The molecule has 0 unspecified atom stereocenters. The summed E-state index contributed by atoms with van der Waals surface area (Å²) in [4.78, 5) is 4.15. The van der Waals surface area contributed by atoms with E-state index in [1.807, 2.05) is 4.68 Å². The van der Waals surface area contributed by atoms with Crippen LogP contribution in [-0.4, -0.2) is 14.8 Å². The Bertz CT molecular complexity index is 232. The number of hydrogen-bond acceptors (Lipinski definition) is 2. The third-order valence-electron chi connectivity index (χ3n) is 1.54. The summed E-state index contributed by atoms with van der Waals surface area (Å²) in [6.45, 7) is 8.39. The van der Waals surface area contributed by atoms with Gasteiger partial charge in [0.15, 0.2) is 0 Å². The van der Waals surface area contributed by atoms with Gasteiger partial charge in [0.1, 0.15) is 12.2 Å². The zero-order chi connectivity index (χ0) is 8.48. The molecule has 0 bridgehead atoms. The Morgan fingerprint density at radius 3 is 2.36 bits per heavy atom. The zero-order valence-corrected chi connectivity index (χ0v) is 7.63. The molecular weight excluding hydrogens is 138 g/mol. The summed E-state index contributed by atoms with van der Waals surface area (Å²) in [5.74, 6) is 0.917. The molecule has 3 heteroatoms. The van der Waals surface area contributed by atoms with Crippen LogP contribution < -0.4 is 0 Å². The fraction of sp³-hybridized carbons (Fsp3) is 0.750. The van der Waals surface area contributed by atoms with E-state index in [4.69, 9.17) is 0 Å². The fourth-order valence-corrected chi connectivity index (χ4v) is 0.783. The summed E-state index contributed by atoms with van der Waals surface area (Å²) in [5.41, 5.74) is 0.0560. The molecule has 1 heterocycles. The summed E-state index contributed by atoms with van der Waals surface area (Å²) >= 11 is 0. The average molecular weight is 153 g/mol.